The van der Waals surface area contributed by atoms with Crippen LogP contribution in [0.1, 0.15) is 34.1 Å². The summed E-state index contributed by atoms with van der Waals surface area (Å²) < 4.78 is 0. The van der Waals surface area contributed by atoms with E-state index >= 15 is 0 Å². The molecule has 1 aromatic carbocycles. The van der Waals surface area contributed by atoms with Crippen molar-refractivity contribution in [3.8, 4) is 0 Å². The number of hydrogen-bond donors (Lipinski definition) is 2. The quantitative estimate of drug-likeness (QED) is 0.890. The summed E-state index contributed by atoms with van der Waals surface area (Å²) in [6.45, 7) is 2.55. The van der Waals surface area contributed by atoms with E-state index in [0.717, 1.165) is 6.42 Å². The minimum Gasteiger partial charge on any atom is -0.352 e. The predicted octanol–water partition coefficient (Wildman–Crippen LogP) is 3.13. The molecule has 0 atom stereocenters. The molecule has 6 heteroatoms. The van der Waals surface area contributed by atoms with E-state index in [-0.39, 0.29) is 11.8 Å². The first-order valence-electron chi connectivity index (χ1n) is 6.90. The van der Waals surface area contributed by atoms with E-state index in [4.69, 9.17) is 11.6 Å². The van der Waals surface area contributed by atoms with Crippen LogP contribution in [0.2, 0.25) is 5.02 Å². The summed E-state index contributed by atoms with van der Waals surface area (Å²) in [6.07, 6.45) is 3.69. The molecule has 1 aromatic heterocycles. The molecule has 0 unspecified atom stereocenters. The number of nitrogens with one attached hydrogen (secondary N) is 2. The third-order valence-corrected chi connectivity index (χ3v) is 3.12. The molecule has 0 fully saturated rings. The number of anilines is 1. The Labute approximate surface area is 133 Å². The smallest absolute Gasteiger partial charge is 0.257 e. The summed E-state index contributed by atoms with van der Waals surface area (Å²) in [4.78, 5) is 28.0. The zero-order valence-corrected chi connectivity index (χ0v) is 12.9. The lowest BCUT2D eigenvalue weighted by atomic mass is 10.2. The predicted molar refractivity (Wildman–Crippen MR) is 86.3 cm³/mol. The molecule has 2 amide bonds. The molecule has 0 aliphatic rings. The van der Waals surface area contributed by atoms with Gasteiger partial charge in [0.15, 0.2) is 0 Å². The van der Waals surface area contributed by atoms with Gasteiger partial charge in [0.2, 0.25) is 0 Å². The van der Waals surface area contributed by atoms with Gasteiger partial charge in [-0.25, -0.2) is 0 Å². The van der Waals surface area contributed by atoms with Crippen LogP contribution in [0.4, 0.5) is 5.69 Å². The Bertz CT molecular complexity index is 689. The lowest BCUT2D eigenvalue weighted by Gasteiger charge is -2.07. The van der Waals surface area contributed by atoms with Gasteiger partial charge in [0, 0.05) is 29.6 Å². The van der Waals surface area contributed by atoms with Gasteiger partial charge in [-0.3, -0.25) is 14.6 Å². The molecule has 0 aliphatic heterocycles. The molecule has 0 aliphatic carbocycles. The van der Waals surface area contributed by atoms with Gasteiger partial charge in [0.25, 0.3) is 11.8 Å². The topological polar surface area (TPSA) is 71.1 Å². The number of amides is 2. The van der Waals surface area contributed by atoms with E-state index in [1.54, 1.807) is 24.3 Å². The summed E-state index contributed by atoms with van der Waals surface area (Å²) in [5, 5.41) is 5.99. The van der Waals surface area contributed by atoms with E-state index in [9.17, 15) is 9.59 Å². The van der Waals surface area contributed by atoms with Crippen LogP contribution >= 0.6 is 11.6 Å². The SMILES string of the molecule is CCCNC(=O)c1cncc(C(=O)Nc2cccc(Cl)c2)c1. The van der Waals surface area contributed by atoms with Crippen molar-refractivity contribution in [1.29, 1.82) is 0 Å². The van der Waals surface area contributed by atoms with E-state index in [1.807, 2.05) is 6.92 Å². The van der Waals surface area contributed by atoms with Crippen LogP contribution in [0.15, 0.2) is 42.7 Å². The second kappa shape index (κ2) is 7.56. The van der Waals surface area contributed by atoms with Crippen LogP contribution in [0.25, 0.3) is 0 Å². The second-order valence-electron chi connectivity index (χ2n) is 4.68. The maximum atomic E-state index is 12.2. The van der Waals surface area contributed by atoms with Crippen molar-refractivity contribution in [1.82, 2.24) is 10.3 Å². The Kier molecular flexibility index (Phi) is 5.49. The number of rotatable bonds is 5. The summed E-state index contributed by atoms with van der Waals surface area (Å²) in [7, 11) is 0. The third-order valence-electron chi connectivity index (χ3n) is 2.88. The molecule has 1 heterocycles. The zero-order chi connectivity index (χ0) is 15.9. The molecule has 0 bridgehead atoms. The molecule has 2 aromatic rings. The highest BCUT2D eigenvalue weighted by Crippen LogP contribution is 2.16. The van der Waals surface area contributed by atoms with Crippen LogP contribution in [0.3, 0.4) is 0 Å². The lowest BCUT2D eigenvalue weighted by Crippen LogP contribution is -2.24. The molecule has 0 saturated carbocycles. The van der Waals surface area contributed by atoms with Crippen molar-refractivity contribution in [2.75, 3.05) is 11.9 Å². The van der Waals surface area contributed by atoms with E-state index in [2.05, 4.69) is 15.6 Å². The first kappa shape index (κ1) is 16.0. The minimum atomic E-state index is -0.347. The van der Waals surface area contributed by atoms with Gasteiger partial charge in [0.1, 0.15) is 0 Å². The van der Waals surface area contributed by atoms with Crippen LogP contribution in [-0.4, -0.2) is 23.3 Å². The Hall–Kier alpha value is -2.40. The zero-order valence-electron chi connectivity index (χ0n) is 12.1. The molecule has 0 spiro atoms. The van der Waals surface area contributed by atoms with Crippen molar-refractivity contribution in [2.45, 2.75) is 13.3 Å². The second-order valence-corrected chi connectivity index (χ2v) is 5.12. The van der Waals surface area contributed by atoms with Crippen LogP contribution in [-0.2, 0) is 0 Å². The first-order chi connectivity index (χ1) is 10.6. The van der Waals surface area contributed by atoms with Gasteiger partial charge in [-0.2, -0.15) is 0 Å². The van der Waals surface area contributed by atoms with Gasteiger partial charge in [-0.15, -0.1) is 0 Å². The average Bonchev–Trinajstić information content (AvgIpc) is 2.52. The Morgan fingerprint density at radius 1 is 1.14 bits per heavy atom. The van der Waals surface area contributed by atoms with Crippen molar-refractivity contribution in [3.63, 3.8) is 0 Å². The number of carbonyl (C=O) groups is 2. The monoisotopic (exact) mass is 317 g/mol. The number of benzene rings is 1. The molecule has 2 rings (SSSR count). The van der Waals surface area contributed by atoms with Crippen molar-refractivity contribution < 1.29 is 9.59 Å². The summed E-state index contributed by atoms with van der Waals surface area (Å²) in [6, 6.07) is 8.35. The highest BCUT2D eigenvalue weighted by molar-refractivity contribution is 6.31. The molecule has 5 nitrogen and oxygen atoms in total. The Morgan fingerprint density at radius 2 is 1.86 bits per heavy atom. The Morgan fingerprint density at radius 3 is 2.55 bits per heavy atom. The molecule has 114 valence electrons. The van der Waals surface area contributed by atoms with E-state index < -0.39 is 0 Å². The van der Waals surface area contributed by atoms with Crippen molar-refractivity contribution in [2.24, 2.45) is 0 Å². The highest BCUT2D eigenvalue weighted by Gasteiger charge is 2.11. The van der Waals surface area contributed by atoms with Crippen LogP contribution < -0.4 is 10.6 Å². The normalized spacial score (nSPS) is 10.1. The number of carbonyl (C=O) groups excluding carboxylic acids is 2. The lowest BCUT2D eigenvalue weighted by molar-refractivity contribution is 0.0953. The first-order valence-corrected chi connectivity index (χ1v) is 7.28. The Balaban J connectivity index is 2.11. The molecule has 22 heavy (non-hydrogen) atoms. The van der Waals surface area contributed by atoms with Crippen molar-refractivity contribution >= 4 is 29.1 Å². The molecular formula is C16H16ClN3O2. The van der Waals surface area contributed by atoms with E-state index in [1.165, 1.54) is 18.5 Å². The average molecular weight is 318 g/mol. The maximum absolute atomic E-state index is 12.2. The van der Waals surface area contributed by atoms with Crippen LogP contribution in [0.5, 0.6) is 0 Å². The molecular weight excluding hydrogens is 302 g/mol. The fourth-order valence-electron chi connectivity index (χ4n) is 1.80. The number of hydrogen-bond acceptors (Lipinski definition) is 3. The number of nitrogens with zero attached hydrogens (tertiary/aromatic N) is 1. The molecule has 0 radical (unpaired) electrons. The van der Waals surface area contributed by atoms with Gasteiger partial charge in [0.05, 0.1) is 11.1 Å². The summed E-state index contributed by atoms with van der Waals surface area (Å²) >= 11 is 5.87. The third kappa shape index (κ3) is 4.30. The van der Waals surface area contributed by atoms with Crippen molar-refractivity contribution in [3.05, 3.63) is 58.9 Å². The summed E-state index contributed by atoms with van der Waals surface area (Å²) in [5.74, 6) is -0.591. The fourth-order valence-corrected chi connectivity index (χ4v) is 1.99. The number of aromatic nitrogens is 1. The molecule has 2 N–H and O–H groups in total. The highest BCUT2D eigenvalue weighted by atomic mass is 35.5. The van der Waals surface area contributed by atoms with Crippen LogP contribution in [0, 0.1) is 0 Å². The van der Waals surface area contributed by atoms with E-state index in [0.29, 0.717) is 28.4 Å². The standard InChI is InChI=1S/C16H16ClN3O2/c1-2-6-19-15(21)11-7-12(10-18-9-11)16(22)20-14-5-3-4-13(17)8-14/h3-5,7-10H,2,6H2,1H3,(H,19,21)(H,20,22). The maximum Gasteiger partial charge on any atom is 0.257 e. The molecule has 0 saturated heterocycles. The number of halogens is 1. The van der Waals surface area contributed by atoms with Gasteiger partial charge in [-0.1, -0.05) is 24.6 Å². The van der Waals surface area contributed by atoms with Gasteiger partial charge < -0.3 is 10.6 Å². The largest absolute Gasteiger partial charge is 0.352 e. The number of pyridine rings is 1. The summed E-state index contributed by atoms with van der Waals surface area (Å²) in [5.41, 5.74) is 1.25. The van der Waals surface area contributed by atoms with Gasteiger partial charge in [-0.05, 0) is 30.7 Å². The minimum absolute atomic E-state index is 0.244. The fraction of sp³-hybridized carbons (Fsp3) is 0.188. The van der Waals surface area contributed by atoms with Gasteiger partial charge >= 0.3 is 0 Å².